The van der Waals surface area contributed by atoms with Gasteiger partial charge in [-0.2, -0.15) is 26.3 Å². The van der Waals surface area contributed by atoms with E-state index in [0.717, 1.165) is 0 Å². The van der Waals surface area contributed by atoms with E-state index in [2.05, 4.69) is 0 Å². The van der Waals surface area contributed by atoms with Crippen LogP contribution in [0.15, 0.2) is 11.6 Å². The van der Waals surface area contributed by atoms with Gasteiger partial charge in [-0.15, -0.1) is 0 Å². The Balaban J connectivity index is 4.57. The highest BCUT2D eigenvalue weighted by Gasteiger charge is 2.40. The maximum absolute atomic E-state index is 11.9. The van der Waals surface area contributed by atoms with Crippen LogP contribution in [0, 0.1) is 0 Å². The van der Waals surface area contributed by atoms with Gasteiger partial charge in [-0.05, 0) is 6.42 Å². The largest absolute Gasteiger partial charge is 0.412 e. The highest BCUT2D eigenvalue weighted by atomic mass is 19.4. The molecule has 13 heavy (non-hydrogen) atoms. The van der Waals surface area contributed by atoms with Gasteiger partial charge in [0.1, 0.15) is 0 Å². The summed E-state index contributed by atoms with van der Waals surface area (Å²) in [6.45, 7) is 1.35. The van der Waals surface area contributed by atoms with Crippen LogP contribution in [0.1, 0.15) is 19.8 Å². The maximum atomic E-state index is 11.9. The number of hydrogen-bond acceptors (Lipinski definition) is 0. The molecule has 0 aliphatic rings. The van der Waals surface area contributed by atoms with Crippen LogP contribution in [-0.4, -0.2) is 12.4 Å². The van der Waals surface area contributed by atoms with Gasteiger partial charge in [0.25, 0.3) is 0 Å². The Kier molecular flexibility index (Phi) is 3.81. The van der Waals surface area contributed by atoms with Crippen LogP contribution in [0.4, 0.5) is 26.3 Å². The van der Waals surface area contributed by atoms with Crippen molar-refractivity contribution in [3.8, 4) is 0 Å². The molecule has 6 heteroatoms. The predicted octanol–water partition coefficient (Wildman–Crippen LogP) is 3.84. The summed E-state index contributed by atoms with van der Waals surface area (Å²) in [6.07, 6.45) is -11.1. The van der Waals surface area contributed by atoms with Crippen molar-refractivity contribution < 1.29 is 26.3 Å². The van der Waals surface area contributed by atoms with Gasteiger partial charge in [0.05, 0.1) is 6.42 Å². The molecule has 0 saturated heterocycles. The first-order chi connectivity index (χ1) is 5.67. The Labute approximate surface area is 71.2 Å². The summed E-state index contributed by atoms with van der Waals surface area (Å²) in [6, 6.07) is 0. The van der Waals surface area contributed by atoms with Gasteiger partial charge >= 0.3 is 12.4 Å². The third kappa shape index (κ3) is 5.54. The number of alkyl halides is 6. The van der Waals surface area contributed by atoms with Gasteiger partial charge in [-0.25, -0.2) is 0 Å². The van der Waals surface area contributed by atoms with E-state index in [1.807, 2.05) is 0 Å². The molecule has 0 spiro atoms. The molecule has 0 aliphatic carbocycles. The second-order valence-corrected chi connectivity index (χ2v) is 2.43. The van der Waals surface area contributed by atoms with Crippen molar-refractivity contribution in [1.29, 1.82) is 0 Å². The Morgan fingerprint density at radius 3 is 1.77 bits per heavy atom. The van der Waals surface area contributed by atoms with Crippen LogP contribution in [0.25, 0.3) is 0 Å². The summed E-state index contributed by atoms with van der Waals surface area (Å²) < 4.78 is 70.5. The molecule has 78 valence electrons. The van der Waals surface area contributed by atoms with E-state index in [9.17, 15) is 26.3 Å². The molecule has 0 bridgehead atoms. The quantitative estimate of drug-likeness (QED) is 0.475. The Morgan fingerprint density at radius 2 is 1.54 bits per heavy atom. The first-order valence-corrected chi connectivity index (χ1v) is 3.50. The first-order valence-electron chi connectivity index (χ1n) is 3.50. The average molecular weight is 206 g/mol. The predicted molar refractivity (Wildman–Crippen MR) is 35.1 cm³/mol. The molecule has 0 heterocycles. The Bertz CT molecular complexity index is 184. The van der Waals surface area contributed by atoms with Crippen LogP contribution in [0.2, 0.25) is 0 Å². The molecular formula is C7H8F6. The van der Waals surface area contributed by atoms with E-state index in [0.29, 0.717) is 6.08 Å². The summed E-state index contributed by atoms with van der Waals surface area (Å²) in [5, 5.41) is 0. The minimum Gasteiger partial charge on any atom is -0.171 e. The zero-order chi connectivity index (χ0) is 10.7. The fraction of sp³-hybridized carbons (Fsp3) is 0.714. The van der Waals surface area contributed by atoms with Crippen molar-refractivity contribution in [2.24, 2.45) is 0 Å². The van der Waals surface area contributed by atoms with Gasteiger partial charge in [0, 0.05) is 5.57 Å². The molecule has 0 aromatic carbocycles. The number of halogens is 6. The van der Waals surface area contributed by atoms with Gasteiger partial charge in [-0.1, -0.05) is 13.0 Å². The molecule has 0 nitrogen and oxygen atoms in total. The normalized spacial score (nSPS) is 14.8. The minimum absolute atomic E-state index is 0.0646. The summed E-state index contributed by atoms with van der Waals surface area (Å²) >= 11 is 0. The molecule has 0 aliphatic heterocycles. The summed E-state index contributed by atoms with van der Waals surface area (Å²) in [7, 11) is 0. The highest BCUT2D eigenvalue weighted by Crippen LogP contribution is 2.35. The molecule has 0 N–H and O–H groups in total. The molecule has 0 amide bonds. The monoisotopic (exact) mass is 206 g/mol. The molecule has 0 rings (SSSR count). The fourth-order valence-corrected chi connectivity index (χ4v) is 0.750. The lowest BCUT2D eigenvalue weighted by molar-refractivity contribution is -0.151. The third-order valence-electron chi connectivity index (χ3n) is 1.21. The summed E-state index contributed by atoms with van der Waals surface area (Å²) in [4.78, 5) is 0. The first kappa shape index (κ1) is 12.3. The van der Waals surface area contributed by atoms with Crippen LogP contribution < -0.4 is 0 Å². The number of hydrogen-bond donors (Lipinski definition) is 0. The summed E-state index contributed by atoms with van der Waals surface area (Å²) in [5.41, 5.74) is -1.53. The van der Waals surface area contributed by atoms with Crippen molar-refractivity contribution in [2.75, 3.05) is 0 Å². The second-order valence-electron chi connectivity index (χ2n) is 2.43. The molecule has 0 atom stereocenters. The van der Waals surface area contributed by atoms with Gasteiger partial charge in [0.2, 0.25) is 0 Å². The van der Waals surface area contributed by atoms with Crippen molar-refractivity contribution in [2.45, 2.75) is 32.1 Å². The van der Waals surface area contributed by atoms with Crippen molar-refractivity contribution in [3.63, 3.8) is 0 Å². The molecule has 0 unspecified atom stereocenters. The van der Waals surface area contributed by atoms with Crippen molar-refractivity contribution >= 4 is 0 Å². The lowest BCUT2D eigenvalue weighted by Crippen LogP contribution is -2.19. The zero-order valence-corrected chi connectivity index (χ0v) is 6.76. The number of rotatable bonds is 2. The molecule has 0 radical (unpaired) electrons. The van der Waals surface area contributed by atoms with Gasteiger partial charge < -0.3 is 0 Å². The van der Waals surface area contributed by atoms with E-state index in [1.54, 1.807) is 0 Å². The van der Waals surface area contributed by atoms with E-state index in [-0.39, 0.29) is 6.42 Å². The Hall–Kier alpha value is -0.680. The smallest absolute Gasteiger partial charge is 0.171 e. The van der Waals surface area contributed by atoms with Gasteiger partial charge in [-0.3, -0.25) is 0 Å². The maximum Gasteiger partial charge on any atom is 0.412 e. The van der Waals surface area contributed by atoms with Crippen LogP contribution in [-0.2, 0) is 0 Å². The van der Waals surface area contributed by atoms with E-state index in [4.69, 9.17) is 0 Å². The third-order valence-corrected chi connectivity index (χ3v) is 1.21. The lowest BCUT2D eigenvalue weighted by Gasteiger charge is -2.13. The lowest BCUT2D eigenvalue weighted by atomic mass is 10.1. The zero-order valence-electron chi connectivity index (χ0n) is 6.76. The minimum atomic E-state index is -4.88. The van der Waals surface area contributed by atoms with Crippen LogP contribution >= 0.6 is 0 Å². The molecule has 0 fully saturated rings. The SMILES string of the molecule is CCC=C(CC(F)(F)F)C(F)(F)F. The van der Waals surface area contributed by atoms with E-state index in [1.165, 1.54) is 6.92 Å². The summed E-state index contributed by atoms with van der Waals surface area (Å²) in [5.74, 6) is 0. The molecule has 0 saturated carbocycles. The highest BCUT2D eigenvalue weighted by molar-refractivity contribution is 5.09. The van der Waals surface area contributed by atoms with Crippen LogP contribution in [0.5, 0.6) is 0 Å². The molecule has 0 aromatic rings. The number of allylic oxidation sites excluding steroid dienone is 2. The van der Waals surface area contributed by atoms with Crippen molar-refractivity contribution in [1.82, 2.24) is 0 Å². The fourth-order valence-electron chi connectivity index (χ4n) is 0.750. The van der Waals surface area contributed by atoms with E-state index >= 15 is 0 Å². The topological polar surface area (TPSA) is 0 Å². The standard InChI is InChI=1S/C7H8F6/c1-2-3-5(7(11,12)13)4-6(8,9)10/h3H,2,4H2,1H3. The average Bonchev–Trinajstić information content (AvgIpc) is 1.81. The molecule has 0 aromatic heterocycles. The second kappa shape index (κ2) is 4.02. The Morgan fingerprint density at radius 1 is 1.08 bits per heavy atom. The van der Waals surface area contributed by atoms with Gasteiger partial charge in [0.15, 0.2) is 0 Å². The molecular weight excluding hydrogens is 198 g/mol. The van der Waals surface area contributed by atoms with E-state index < -0.39 is 24.3 Å². The van der Waals surface area contributed by atoms with Crippen LogP contribution in [0.3, 0.4) is 0 Å². The van der Waals surface area contributed by atoms with Crippen molar-refractivity contribution in [3.05, 3.63) is 11.6 Å².